The maximum atomic E-state index is 13.0. The lowest BCUT2D eigenvalue weighted by molar-refractivity contribution is 0.102. The lowest BCUT2D eigenvalue weighted by Crippen LogP contribution is -2.14. The SMILES string of the molecule is CCCOc1ccc(NC(=O)c2cccc(F)n2)cc1Cl. The number of pyridine rings is 1. The fourth-order valence-electron chi connectivity index (χ4n) is 1.64. The number of aromatic nitrogens is 1. The van der Waals surface area contributed by atoms with Crippen LogP contribution in [0.25, 0.3) is 0 Å². The fourth-order valence-corrected chi connectivity index (χ4v) is 1.87. The minimum absolute atomic E-state index is 0.00238. The number of nitrogens with one attached hydrogen (secondary N) is 1. The Labute approximate surface area is 126 Å². The lowest BCUT2D eigenvalue weighted by Gasteiger charge is -2.09. The predicted octanol–water partition coefficient (Wildman–Crippen LogP) is 3.92. The molecule has 0 fully saturated rings. The van der Waals surface area contributed by atoms with Crippen molar-refractivity contribution in [3.8, 4) is 5.75 Å². The number of halogens is 2. The van der Waals surface area contributed by atoms with E-state index >= 15 is 0 Å². The zero-order chi connectivity index (χ0) is 15.2. The van der Waals surface area contributed by atoms with Gasteiger partial charge in [-0.2, -0.15) is 4.39 Å². The third kappa shape index (κ3) is 4.16. The van der Waals surface area contributed by atoms with E-state index in [0.29, 0.717) is 23.1 Å². The van der Waals surface area contributed by atoms with Crippen molar-refractivity contribution in [1.29, 1.82) is 0 Å². The van der Waals surface area contributed by atoms with Gasteiger partial charge in [0.05, 0.1) is 11.6 Å². The predicted molar refractivity (Wildman–Crippen MR) is 79.4 cm³/mol. The number of amides is 1. The molecule has 0 saturated heterocycles. The van der Waals surface area contributed by atoms with Gasteiger partial charge in [0.25, 0.3) is 5.91 Å². The molecule has 0 saturated carbocycles. The minimum atomic E-state index is -0.705. The number of ether oxygens (including phenoxy) is 1. The Morgan fingerprint density at radius 1 is 1.38 bits per heavy atom. The standard InChI is InChI=1S/C15H14ClFN2O2/c1-2-8-21-13-7-6-10(9-11(13)16)18-15(20)12-4-3-5-14(17)19-12/h3-7,9H,2,8H2,1H3,(H,18,20). The molecule has 1 aromatic heterocycles. The first-order valence-corrected chi connectivity index (χ1v) is 6.84. The molecule has 1 aromatic carbocycles. The highest BCUT2D eigenvalue weighted by atomic mass is 35.5. The Bertz CT molecular complexity index is 649. The highest BCUT2D eigenvalue weighted by Crippen LogP contribution is 2.28. The van der Waals surface area contributed by atoms with Crippen LogP contribution in [0.15, 0.2) is 36.4 Å². The molecule has 110 valence electrons. The van der Waals surface area contributed by atoms with Gasteiger partial charge in [-0.3, -0.25) is 4.79 Å². The number of nitrogens with zero attached hydrogens (tertiary/aromatic N) is 1. The van der Waals surface area contributed by atoms with Crippen molar-refractivity contribution in [2.45, 2.75) is 13.3 Å². The molecule has 6 heteroatoms. The van der Waals surface area contributed by atoms with Crippen molar-refractivity contribution in [2.24, 2.45) is 0 Å². The zero-order valence-corrected chi connectivity index (χ0v) is 12.2. The Morgan fingerprint density at radius 3 is 2.86 bits per heavy atom. The molecule has 2 rings (SSSR count). The molecule has 1 amide bonds. The van der Waals surface area contributed by atoms with Gasteiger partial charge < -0.3 is 10.1 Å². The second kappa shape index (κ2) is 7.04. The first-order chi connectivity index (χ1) is 10.1. The maximum absolute atomic E-state index is 13.0. The molecule has 0 unspecified atom stereocenters. The normalized spacial score (nSPS) is 10.2. The number of hydrogen-bond acceptors (Lipinski definition) is 3. The van der Waals surface area contributed by atoms with Crippen molar-refractivity contribution in [3.63, 3.8) is 0 Å². The molecular formula is C15H14ClFN2O2. The van der Waals surface area contributed by atoms with E-state index in [2.05, 4.69) is 10.3 Å². The average Bonchev–Trinajstić information content (AvgIpc) is 2.46. The molecule has 0 atom stereocenters. The van der Waals surface area contributed by atoms with Crippen LogP contribution in [-0.2, 0) is 0 Å². The Hall–Kier alpha value is -2.14. The third-order valence-electron chi connectivity index (χ3n) is 2.60. The summed E-state index contributed by atoms with van der Waals surface area (Å²) in [6.07, 6.45) is 0.875. The van der Waals surface area contributed by atoms with Crippen molar-refractivity contribution in [3.05, 3.63) is 53.1 Å². The van der Waals surface area contributed by atoms with E-state index in [4.69, 9.17) is 16.3 Å². The first-order valence-electron chi connectivity index (χ1n) is 6.46. The van der Waals surface area contributed by atoms with E-state index < -0.39 is 11.9 Å². The smallest absolute Gasteiger partial charge is 0.274 e. The minimum Gasteiger partial charge on any atom is -0.492 e. The highest BCUT2D eigenvalue weighted by Gasteiger charge is 2.10. The van der Waals surface area contributed by atoms with Crippen LogP contribution in [0.4, 0.5) is 10.1 Å². The number of benzene rings is 1. The molecule has 21 heavy (non-hydrogen) atoms. The number of hydrogen-bond donors (Lipinski definition) is 1. The summed E-state index contributed by atoms with van der Waals surface area (Å²) in [5.41, 5.74) is 0.484. The Balaban J connectivity index is 2.09. The second-order valence-corrected chi connectivity index (χ2v) is 4.70. The molecule has 0 aliphatic heterocycles. The number of anilines is 1. The number of rotatable bonds is 5. The molecular weight excluding hydrogens is 295 g/mol. The molecule has 0 aliphatic rings. The summed E-state index contributed by atoms with van der Waals surface area (Å²) in [4.78, 5) is 15.4. The molecule has 0 aliphatic carbocycles. The topological polar surface area (TPSA) is 51.2 Å². The van der Waals surface area contributed by atoms with Crippen LogP contribution in [0.5, 0.6) is 5.75 Å². The van der Waals surface area contributed by atoms with Crippen LogP contribution < -0.4 is 10.1 Å². The van der Waals surface area contributed by atoms with Gasteiger partial charge in [-0.1, -0.05) is 24.6 Å². The van der Waals surface area contributed by atoms with Crippen LogP contribution in [0.1, 0.15) is 23.8 Å². The van der Waals surface area contributed by atoms with Crippen LogP contribution >= 0.6 is 11.6 Å². The van der Waals surface area contributed by atoms with Gasteiger partial charge in [-0.25, -0.2) is 4.98 Å². The molecule has 4 nitrogen and oxygen atoms in total. The van der Waals surface area contributed by atoms with Gasteiger partial charge >= 0.3 is 0 Å². The molecule has 0 radical (unpaired) electrons. The van der Waals surface area contributed by atoms with E-state index in [1.54, 1.807) is 18.2 Å². The van der Waals surface area contributed by atoms with Gasteiger partial charge in [0.1, 0.15) is 11.4 Å². The van der Waals surface area contributed by atoms with Crippen LogP contribution in [-0.4, -0.2) is 17.5 Å². The lowest BCUT2D eigenvalue weighted by atomic mass is 10.2. The van der Waals surface area contributed by atoms with Crippen LogP contribution in [0, 0.1) is 5.95 Å². The summed E-state index contributed by atoms with van der Waals surface area (Å²) in [6.45, 7) is 2.56. The van der Waals surface area contributed by atoms with Gasteiger partial charge in [-0.15, -0.1) is 0 Å². The second-order valence-electron chi connectivity index (χ2n) is 4.29. The molecule has 1 heterocycles. The van der Waals surface area contributed by atoms with E-state index in [1.165, 1.54) is 18.2 Å². The van der Waals surface area contributed by atoms with Crippen LogP contribution in [0.3, 0.4) is 0 Å². The van der Waals surface area contributed by atoms with Crippen molar-refractivity contribution >= 4 is 23.2 Å². The average molecular weight is 309 g/mol. The molecule has 0 spiro atoms. The quantitative estimate of drug-likeness (QED) is 0.852. The summed E-state index contributed by atoms with van der Waals surface area (Å²) in [6, 6.07) is 8.93. The van der Waals surface area contributed by atoms with E-state index in [1.807, 2.05) is 6.92 Å². The first kappa shape index (κ1) is 15.3. The highest BCUT2D eigenvalue weighted by molar-refractivity contribution is 6.32. The van der Waals surface area contributed by atoms with Gasteiger partial charge in [-0.05, 0) is 36.8 Å². The van der Waals surface area contributed by atoms with E-state index in [0.717, 1.165) is 6.42 Å². The third-order valence-corrected chi connectivity index (χ3v) is 2.89. The maximum Gasteiger partial charge on any atom is 0.274 e. The van der Waals surface area contributed by atoms with E-state index in [-0.39, 0.29) is 5.69 Å². The van der Waals surface area contributed by atoms with Crippen molar-refractivity contribution in [1.82, 2.24) is 4.98 Å². The molecule has 0 bridgehead atoms. The summed E-state index contributed by atoms with van der Waals surface area (Å²) in [5.74, 6) is -0.655. The summed E-state index contributed by atoms with van der Waals surface area (Å²) < 4.78 is 18.4. The summed E-state index contributed by atoms with van der Waals surface area (Å²) in [5, 5.41) is 3.00. The fraction of sp³-hybridized carbons (Fsp3) is 0.200. The van der Waals surface area contributed by atoms with Crippen molar-refractivity contribution in [2.75, 3.05) is 11.9 Å². The monoisotopic (exact) mass is 308 g/mol. The molecule has 1 N–H and O–H groups in total. The summed E-state index contributed by atoms with van der Waals surface area (Å²) in [7, 11) is 0. The van der Waals surface area contributed by atoms with Gasteiger partial charge in [0.15, 0.2) is 0 Å². The number of carbonyl (C=O) groups excluding carboxylic acids is 1. The van der Waals surface area contributed by atoms with Crippen molar-refractivity contribution < 1.29 is 13.9 Å². The largest absolute Gasteiger partial charge is 0.492 e. The Kier molecular flexibility index (Phi) is 5.11. The zero-order valence-electron chi connectivity index (χ0n) is 11.4. The molecule has 2 aromatic rings. The van der Waals surface area contributed by atoms with Gasteiger partial charge in [0, 0.05) is 5.69 Å². The number of carbonyl (C=O) groups is 1. The Morgan fingerprint density at radius 2 is 2.19 bits per heavy atom. The van der Waals surface area contributed by atoms with E-state index in [9.17, 15) is 9.18 Å². The summed E-state index contributed by atoms with van der Waals surface area (Å²) >= 11 is 6.07. The van der Waals surface area contributed by atoms with Gasteiger partial charge in [0.2, 0.25) is 5.95 Å². The van der Waals surface area contributed by atoms with Crippen LogP contribution in [0.2, 0.25) is 5.02 Å².